The van der Waals surface area contributed by atoms with Gasteiger partial charge < -0.3 is 10.1 Å². The lowest BCUT2D eigenvalue weighted by Gasteiger charge is -2.08. The van der Waals surface area contributed by atoms with E-state index in [2.05, 4.69) is 15.3 Å². The number of methoxy groups -OCH3 is 1. The molecule has 1 N–H and O–H groups in total. The van der Waals surface area contributed by atoms with Crippen molar-refractivity contribution in [1.82, 2.24) is 9.97 Å². The van der Waals surface area contributed by atoms with Gasteiger partial charge in [-0.1, -0.05) is 23.7 Å². The Morgan fingerprint density at radius 1 is 1.30 bits per heavy atom. The summed E-state index contributed by atoms with van der Waals surface area (Å²) in [5.74, 6) is 2.97. The highest BCUT2D eigenvalue weighted by molar-refractivity contribution is 6.29. The van der Waals surface area contributed by atoms with E-state index in [0.717, 1.165) is 35.8 Å². The van der Waals surface area contributed by atoms with E-state index in [9.17, 15) is 0 Å². The predicted molar refractivity (Wildman–Crippen MR) is 79.3 cm³/mol. The van der Waals surface area contributed by atoms with Crippen molar-refractivity contribution in [2.24, 2.45) is 0 Å². The van der Waals surface area contributed by atoms with Gasteiger partial charge >= 0.3 is 0 Å². The molecule has 1 aliphatic rings. The molecule has 2 aromatic rings. The molecule has 0 aliphatic heterocycles. The molecule has 1 heterocycles. The van der Waals surface area contributed by atoms with Crippen LogP contribution in [0.15, 0.2) is 30.3 Å². The fourth-order valence-electron chi connectivity index (χ4n) is 2.02. The van der Waals surface area contributed by atoms with Crippen LogP contribution >= 0.6 is 11.6 Å². The second-order valence-corrected chi connectivity index (χ2v) is 5.30. The minimum absolute atomic E-state index is 0.492. The molecule has 0 unspecified atom stereocenters. The molecule has 5 heteroatoms. The predicted octanol–water partition coefficient (Wildman–Crippen LogP) is 3.63. The summed E-state index contributed by atoms with van der Waals surface area (Å²) < 4.78 is 5.21. The maximum absolute atomic E-state index is 6.04. The summed E-state index contributed by atoms with van der Waals surface area (Å²) in [6, 6.07) is 9.69. The van der Waals surface area contributed by atoms with Gasteiger partial charge in [-0.05, 0) is 30.5 Å². The molecule has 1 saturated carbocycles. The summed E-state index contributed by atoms with van der Waals surface area (Å²) in [5.41, 5.74) is 1.13. The highest BCUT2D eigenvalue weighted by atomic mass is 35.5. The summed E-state index contributed by atoms with van der Waals surface area (Å²) in [6.07, 6.45) is 2.32. The van der Waals surface area contributed by atoms with Crippen molar-refractivity contribution in [3.05, 3.63) is 46.9 Å². The van der Waals surface area contributed by atoms with E-state index < -0.39 is 0 Å². The minimum atomic E-state index is 0.492. The van der Waals surface area contributed by atoms with E-state index in [0.29, 0.717) is 17.6 Å². The lowest BCUT2D eigenvalue weighted by molar-refractivity contribution is 0.414. The van der Waals surface area contributed by atoms with Gasteiger partial charge in [0.05, 0.1) is 7.11 Å². The molecule has 0 spiro atoms. The quantitative estimate of drug-likeness (QED) is 0.854. The van der Waals surface area contributed by atoms with Crippen LogP contribution < -0.4 is 10.1 Å². The number of hydrogen-bond donors (Lipinski definition) is 1. The molecule has 20 heavy (non-hydrogen) atoms. The fourth-order valence-corrected chi connectivity index (χ4v) is 2.21. The molecule has 0 saturated heterocycles. The molecular weight excluding hydrogens is 274 g/mol. The Morgan fingerprint density at radius 3 is 2.90 bits per heavy atom. The van der Waals surface area contributed by atoms with Crippen molar-refractivity contribution in [3.63, 3.8) is 0 Å². The molecule has 4 nitrogen and oxygen atoms in total. The highest BCUT2D eigenvalue weighted by Crippen LogP contribution is 2.38. The Labute approximate surface area is 123 Å². The number of rotatable bonds is 5. The van der Waals surface area contributed by atoms with E-state index in [1.807, 2.05) is 24.3 Å². The number of anilines is 1. The smallest absolute Gasteiger partial charge is 0.135 e. The molecule has 0 atom stereocenters. The van der Waals surface area contributed by atoms with Crippen LogP contribution in [0.3, 0.4) is 0 Å². The van der Waals surface area contributed by atoms with Crippen molar-refractivity contribution >= 4 is 17.4 Å². The van der Waals surface area contributed by atoms with Crippen LogP contribution in [0.5, 0.6) is 5.75 Å². The Morgan fingerprint density at radius 2 is 2.15 bits per heavy atom. The normalized spacial score (nSPS) is 14.1. The topological polar surface area (TPSA) is 47.0 Å². The van der Waals surface area contributed by atoms with Crippen LogP contribution in [0.2, 0.25) is 5.15 Å². The maximum atomic E-state index is 6.04. The molecule has 1 aliphatic carbocycles. The number of halogens is 1. The molecule has 0 radical (unpaired) electrons. The van der Waals surface area contributed by atoms with Gasteiger partial charge in [-0.25, -0.2) is 9.97 Å². The lowest BCUT2D eigenvalue weighted by atomic mass is 10.2. The second-order valence-electron chi connectivity index (χ2n) is 4.91. The zero-order valence-electron chi connectivity index (χ0n) is 11.3. The van der Waals surface area contributed by atoms with Crippen molar-refractivity contribution in [2.75, 3.05) is 12.4 Å². The van der Waals surface area contributed by atoms with E-state index in [1.54, 1.807) is 13.2 Å². The second kappa shape index (κ2) is 5.67. The van der Waals surface area contributed by atoms with Gasteiger partial charge in [0, 0.05) is 18.5 Å². The van der Waals surface area contributed by atoms with Crippen LogP contribution in [0, 0.1) is 0 Å². The van der Waals surface area contributed by atoms with Crippen molar-refractivity contribution in [1.29, 1.82) is 0 Å². The summed E-state index contributed by atoms with van der Waals surface area (Å²) in [7, 11) is 1.67. The van der Waals surface area contributed by atoms with Crippen LogP contribution in [-0.4, -0.2) is 17.1 Å². The molecule has 0 amide bonds. The third-order valence-corrected chi connectivity index (χ3v) is 3.46. The van der Waals surface area contributed by atoms with Crippen LogP contribution in [0.1, 0.15) is 30.1 Å². The first kappa shape index (κ1) is 13.2. The van der Waals surface area contributed by atoms with Gasteiger partial charge in [-0.15, -0.1) is 0 Å². The first-order valence-corrected chi connectivity index (χ1v) is 7.03. The van der Waals surface area contributed by atoms with E-state index in [-0.39, 0.29) is 0 Å². The maximum Gasteiger partial charge on any atom is 0.135 e. The average Bonchev–Trinajstić information content (AvgIpc) is 3.29. The summed E-state index contributed by atoms with van der Waals surface area (Å²) in [5, 5.41) is 3.78. The number of nitrogens with one attached hydrogen (secondary N) is 1. The molecule has 1 aromatic carbocycles. The van der Waals surface area contributed by atoms with Crippen molar-refractivity contribution < 1.29 is 4.74 Å². The monoisotopic (exact) mass is 289 g/mol. The zero-order chi connectivity index (χ0) is 13.9. The van der Waals surface area contributed by atoms with Gasteiger partial charge in [0.2, 0.25) is 0 Å². The fraction of sp³-hybridized carbons (Fsp3) is 0.333. The molecular formula is C15H16ClN3O. The summed E-state index contributed by atoms with van der Waals surface area (Å²) in [6.45, 7) is 0.675. The Bertz CT molecular complexity index is 614. The Kier molecular flexibility index (Phi) is 3.74. The standard InChI is InChI=1S/C15H16ClN3O/c1-20-12-4-2-3-10(7-12)9-17-14-8-13(16)18-15(19-14)11-5-6-11/h2-4,7-8,11H,5-6,9H2,1H3,(H,17,18,19). The van der Waals surface area contributed by atoms with Gasteiger partial charge in [-0.3, -0.25) is 0 Å². The van der Waals surface area contributed by atoms with Gasteiger partial charge in [0.25, 0.3) is 0 Å². The van der Waals surface area contributed by atoms with Crippen LogP contribution in [0.25, 0.3) is 0 Å². The van der Waals surface area contributed by atoms with Crippen molar-refractivity contribution in [3.8, 4) is 5.75 Å². The largest absolute Gasteiger partial charge is 0.497 e. The van der Waals surface area contributed by atoms with E-state index >= 15 is 0 Å². The first-order chi connectivity index (χ1) is 9.74. The molecule has 104 valence electrons. The molecule has 0 bridgehead atoms. The highest BCUT2D eigenvalue weighted by Gasteiger charge is 2.27. The zero-order valence-corrected chi connectivity index (χ0v) is 12.0. The van der Waals surface area contributed by atoms with E-state index in [1.165, 1.54) is 0 Å². The van der Waals surface area contributed by atoms with Crippen molar-refractivity contribution in [2.45, 2.75) is 25.3 Å². The van der Waals surface area contributed by atoms with Crippen LogP contribution in [0.4, 0.5) is 5.82 Å². The third kappa shape index (κ3) is 3.20. The number of benzene rings is 1. The number of ether oxygens (including phenoxy) is 1. The number of hydrogen-bond acceptors (Lipinski definition) is 4. The number of aromatic nitrogens is 2. The summed E-state index contributed by atoms with van der Waals surface area (Å²) in [4.78, 5) is 8.79. The SMILES string of the molecule is COc1cccc(CNc2cc(Cl)nc(C3CC3)n2)c1. The average molecular weight is 290 g/mol. The summed E-state index contributed by atoms with van der Waals surface area (Å²) >= 11 is 6.04. The lowest BCUT2D eigenvalue weighted by Crippen LogP contribution is -2.04. The first-order valence-electron chi connectivity index (χ1n) is 6.66. The van der Waals surface area contributed by atoms with Gasteiger partial charge in [0.15, 0.2) is 0 Å². The van der Waals surface area contributed by atoms with E-state index in [4.69, 9.17) is 16.3 Å². The van der Waals surface area contributed by atoms with Crippen LogP contribution in [-0.2, 0) is 6.54 Å². The number of nitrogens with zero attached hydrogens (tertiary/aromatic N) is 2. The Hall–Kier alpha value is -1.81. The van der Waals surface area contributed by atoms with Gasteiger partial charge in [-0.2, -0.15) is 0 Å². The molecule has 3 rings (SSSR count). The molecule has 1 aromatic heterocycles. The third-order valence-electron chi connectivity index (χ3n) is 3.26. The minimum Gasteiger partial charge on any atom is -0.497 e. The van der Waals surface area contributed by atoms with Gasteiger partial charge in [0.1, 0.15) is 22.5 Å². The Balaban J connectivity index is 1.71. The molecule has 1 fully saturated rings.